The Bertz CT molecular complexity index is 1050. The number of hydrogen-bond acceptors (Lipinski definition) is 6. The molecular weight excluding hydrogens is 368 g/mol. The number of sulfonamides is 1. The van der Waals surface area contributed by atoms with Gasteiger partial charge >= 0.3 is 0 Å². The Morgan fingerprint density at radius 2 is 1.85 bits per heavy atom. The first-order chi connectivity index (χ1) is 12.9. The maximum atomic E-state index is 12.6. The van der Waals surface area contributed by atoms with E-state index >= 15 is 0 Å². The zero-order valence-corrected chi connectivity index (χ0v) is 16.0. The fourth-order valence-corrected chi connectivity index (χ4v) is 3.54. The molecule has 0 aliphatic carbocycles. The van der Waals surface area contributed by atoms with Crippen molar-refractivity contribution in [3.05, 3.63) is 59.9 Å². The molecule has 0 bridgehead atoms. The van der Waals surface area contributed by atoms with Gasteiger partial charge in [-0.2, -0.15) is 4.98 Å². The van der Waals surface area contributed by atoms with Gasteiger partial charge in [-0.05, 0) is 24.6 Å². The number of nitrogens with one attached hydrogen (secondary N) is 1. The number of benzene rings is 2. The Labute approximate surface area is 157 Å². The number of rotatable bonds is 7. The second kappa shape index (κ2) is 7.67. The average Bonchev–Trinajstić information content (AvgIpc) is 3.07. The van der Waals surface area contributed by atoms with Crippen molar-refractivity contribution in [3.63, 3.8) is 0 Å². The molecule has 0 unspecified atom stereocenters. The van der Waals surface area contributed by atoms with Crippen molar-refractivity contribution in [2.24, 2.45) is 0 Å². The predicted octanol–water partition coefficient (Wildman–Crippen LogP) is 2.45. The van der Waals surface area contributed by atoms with Gasteiger partial charge < -0.3 is 9.47 Å². The Morgan fingerprint density at radius 3 is 2.56 bits per heavy atom. The SMILES string of the molecule is COc1ccc(S(=O)(=O)Nc2ncn(Cc3cccc(C)c3)n2)cc1OC. The fourth-order valence-electron chi connectivity index (χ4n) is 2.58. The van der Waals surface area contributed by atoms with Gasteiger partial charge in [0, 0.05) is 6.07 Å². The zero-order chi connectivity index (χ0) is 19.4. The lowest BCUT2D eigenvalue weighted by Gasteiger charge is -2.10. The highest BCUT2D eigenvalue weighted by molar-refractivity contribution is 7.92. The Kier molecular flexibility index (Phi) is 5.31. The normalized spacial score (nSPS) is 11.2. The summed E-state index contributed by atoms with van der Waals surface area (Å²) in [6.07, 6.45) is 1.48. The molecule has 1 N–H and O–H groups in total. The minimum atomic E-state index is -3.86. The van der Waals surface area contributed by atoms with E-state index in [0.717, 1.165) is 11.1 Å². The topological polar surface area (TPSA) is 95.3 Å². The third-order valence-electron chi connectivity index (χ3n) is 3.85. The van der Waals surface area contributed by atoms with Crippen molar-refractivity contribution in [2.75, 3.05) is 18.9 Å². The van der Waals surface area contributed by atoms with Gasteiger partial charge in [0.15, 0.2) is 11.5 Å². The summed E-state index contributed by atoms with van der Waals surface area (Å²) < 4.78 is 39.4. The first-order valence-electron chi connectivity index (χ1n) is 8.11. The quantitative estimate of drug-likeness (QED) is 0.668. The van der Waals surface area contributed by atoms with Gasteiger partial charge in [0.05, 0.1) is 25.7 Å². The molecule has 9 heteroatoms. The van der Waals surface area contributed by atoms with Crippen molar-refractivity contribution >= 4 is 16.0 Å². The molecule has 8 nitrogen and oxygen atoms in total. The summed E-state index contributed by atoms with van der Waals surface area (Å²) in [5.74, 6) is 0.757. The molecule has 0 atom stereocenters. The van der Waals surface area contributed by atoms with Crippen LogP contribution < -0.4 is 14.2 Å². The lowest BCUT2D eigenvalue weighted by Crippen LogP contribution is -2.14. The van der Waals surface area contributed by atoms with E-state index in [0.29, 0.717) is 18.0 Å². The van der Waals surface area contributed by atoms with Crippen molar-refractivity contribution in [3.8, 4) is 11.5 Å². The number of anilines is 1. The number of ether oxygens (including phenoxy) is 2. The smallest absolute Gasteiger partial charge is 0.264 e. The van der Waals surface area contributed by atoms with Gasteiger partial charge in [-0.3, -0.25) is 0 Å². The predicted molar refractivity (Wildman–Crippen MR) is 101 cm³/mol. The first-order valence-corrected chi connectivity index (χ1v) is 9.59. The third-order valence-corrected chi connectivity index (χ3v) is 5.18. The zero-order valence-electron chi connectivity index (χ0n) is 15.2. The van der Waals surface area contributed by atoms with Crippen LogP contribution in [0.5, 0.6) is 11.5 Å². The molecule has 142 valence electrons. The van der Waals surface area contributed by atoms with Gasteiger partial charge in [-0.25, -0.2) is 17.8 Å². The summed E-state index contributed by atoms with van der Waals surface area (Å²) in [4.78, 5) is 4.05. The number of nitrogens with zero attached hydrogens (tertiary/aromatic N) is 3. The highest BCUT2D eigenvalue weighted by atomic mass is 32.2. The molecule has 0 amide bonds. The van der Waals surface area contributed by atoms with E-state index in [4.69, 9.17) is 9.47 Å². The third kappa shape index (κ3) is 4.37. The van der Waals surface area contributed by atoms with Crippen LogP contribution in [0.1, 0.15) is 11.1 Å². The Balaban J connectivity index is 1.78. The molecule has 0 saturated carbocycles. The molecule has 1 heterocycles. The van der Waals surface area contributed by atoms with Crippen molar-refractivity contribution in [2.45, 2.75) is 18.4 Å². The van der Waals surface area contributed by atoms with Crippen LogP contribution in [-0.2, 0) is 16.6 Å². The van der Waals surface area contributed by atoms with Crippen LogP contribution >= 0.6 is 0 Å². The minimum absolute atomic E-state index is 0.00237. The summed E-state index contributed by atoms with van der Waals surface area (Å²) >= 11 is 0. The second-order valence-electron chi connectivity index (χ2n) is 5.88. The average molecular weight is 388 g/mol. The van der Waals surface area contributed by atoms with Crippen molar-refractivity contribution < 1.29 is 17.9 Å². The Morgan fingerprint density at radius 1 is 1.07 bits per heavy atom. The van der Waals surface area contributed by atoms with E-state index in [1.807, 2.05) is 31.2 Å². The summed E-state index contributed by atoms with van der Waals surface area (Å²) in [5, 5.41) is 4.18. The molecule has 0 aliphatic heterocycles. The molecule has 3 rings (SSSR count). The highest BCUT2D eigenvalue weighted by Crippen LogP contribution is 2.29. The summed E-state index contributed by atoms with van der Waals surface area (Å²) in [5.41, 5.74) is 2.19. The van der Waals surface area contributed by atoms with Gasteiger partial charge in [-0.1, -0.05) is 29.8 Å². The number of hydrogen-bond donors (Lipinski definition) is 1. The molecule has 2 aromatic carbocycles. The molecule has 0 radical (unpaired) electrons. The van der Waals surface area contributed by atoms with E-state index in [9.17, 15) is 8.42 Å². The Hall–Kier alpha value is -3.07. The van der Waals surface area contributed by atoms with E-state index < -0.39 is 10.0 Å². The van der Waals surface area contributed by atoms with Crippen molar-refractivity contribution in [1.29, 1.82) is 0 Å². The van der Waals surface area contributed by atoms with Gasteiger partial charge in [0.25, 0.3) is 16.0 Å². The molecule has 1 aromatic heterocycles. The van der Waals surface area contributed by atoms with E-state index in [1.165, 1.54) is 38.7 Å². The van der Waals surface area contributed by atoms with Crippen molar-refractivity contribution in [1.82, 2.24) is 14.8 Å². The molecule has 3 aromatic rings. The molecule has 0 spiro atoms. The second-order valence-corrected chi connectivity index (χ2v) is 7.56. The van der Waals surface area contributed by atoms with Crippen LogP contribution in [0, 0.1) is 6.92 Å². The van der Waals surface area contributed by atoms with Crippen LogP contribution in [0.3, 0.4) is 0 Å². The van der Waals surface area contributed by atoms with Crippen LogP contribution in [0.4, 0.5) is 5.95 Å². The van der Waals surface area contributed by atoms with E-state index in [1.54, 1.807) is 4.68 Å². The van der Waals surface area contributed by atoms with Crippen LogP contribution in [0.2, 0.25) is 0 Å². The van der Waals surface area contributed by atoms with Crippen LogP contribution in [0.15, 0.2) is 53.7 Å². The van der Waals surface area contributed by atoms with E-state index in [-0.39, 0.29) is 10.8 Å². The lowest BCUT2D eigenvalue weighted by molar-refractivity contribution is 0.354. The summed E-state index contributed by atoms with van der Waals surface area (Å²) in [7, 11) is -0.939. The van der Waals surface area contributed by atoms with Crippen LogP contribution in [0.25, 0.3) is 0 Å². The minimum Gasteiger partial charge on any atom is -0.493 e. The standard InChI is InChI=1S/C18H20N4O4S/c1-13-5-4-6-14(9-13)11-22-12-19-18(20-22)21-27(23,24)15-7-8-16(25-2)17(10-15)26-3/h4-10,12H,11H2,1-3H3,(H,20,21). The fraction of sp³-hybridized carbons (Fsp3) is 0.222. The highest BCUT2D eigenvalue weighted by Gasteiger charge is 2.19. The van der Waals surface area contributed by atoms with Gasteiger partial charge in [-0.15, -0.1) is 5.10 Å². The van der Waals surface area contributed by atoms with Gasteiger partial charge in [0.1, 0.15) is 6.33 Å². The molecular formula is C18H20N4O4S. The molecule has 0 aliphatic rings. The van der Waals surface area contributed by atoms with Crippen LogP contribution in [-0.4, -0.2) is 37.4 Å². The molecule has 0 fully saturated rings. The number of aryl methyl sites for hydroxylation is 1. The maximum Gasteiger partial charge on any atom is 0.264 e. The number of aromatic nitrogens is 3. The largest absolute Gasteiger partial charge is 0.493 e. The summed E-state index contributed by atoms with van der Waals surface area (Å²) in [6.45, 7) is 2.50. The first kappa shape index (κ1) is 18.7. The molecule has 0 saturated heterocycles. The summed E-state index contributed by atoms with van der Waals surface area (Å²) in [6, 6.07) is 12.3. The lowest BCUT2D eigenvalue weighted by atomic mass is 10.1. The van der Waals surface area contributed by atoms with E-state index in [2.05, 4.69) is 14.8 Å². The number of methoxy groups -OCH3 is 2. The van der Waals surface area contributed by atoms with Gasteiger partial charge in [0.2, 0.25) is 0 Å². The molecule has 27 heavy (non-hydrogen) atoms. The maximum absolute atomic E-state index is 12.6. The monoisotopic (exact) mass is 388 g/mol.